The summed E-state index contributed by atoms with van der Waals surface area (Å²) < 4.78 is 0. The number of hydrogen-bond acceptors (Lipinski definition) is 5. The smallest absolute Gasteiger partial charge is 0.315 e. The van der Waals surface area contributed by atoms with E-state index >= 15 is 0 Å². The molecule has 1 rings (SSSR count). The van der Waals surface area contributed by atoms with Crippen LogP contribution in [0.3, 0.4) is 0 Å². The number of nitrogens with two attached hydrogens (primary N) is 1. The molecule has 0 heterocycles. The summed E-state index contributed by atoms with van der Waals surface area (Å²) in [4.78, 5) is 10.3. The summed E-state index contributed by atoms with van der Waals surface area (Å²) in [5.41, 5.74) is 6.59. The van der Waals surface area contributed by atoms with Gasteiger partial charge in [0.25, 0.3) is 0 Å². The van der Waals surface area contributed by atoms with Crippen molar-refractivity contribution in [3.63, 3.8) is 0 Å². The summed E-state index contributed by atoms with van der Waals surface area (Å²) in [6.07, 6.45) is 0.316. The van der Waals surface area contributed by atoms with Gasteiger partial charge in [-0.2, -0.15) is 0 Å². The highest BCUT2D eigenvalue weighted by Crippen LogP contribution is 2.33. The first-order valence-electron chi connectivity index (χ1n) is 4.46. The summed E-state index contributed by atoms with van der Waals surface area (Å²) in [6.45, 7) is -0.0831. The van der Waals surface area contributed by atoms with Crippen LogP contribution in [0.1, 0.15) is 5.56 Å². The van der Waals surface area contributed by atoms with Gasteiger partial charge in [-0.1, -0.05) is 6.07 Å². The van der Waals surface area contributed by atoms with Gasteiger partial charge in [0.05, 0.1) is 4.92 Å². The average molecular weight is 211 g/mol. The SMILES string of the molecule is CNc1ccc(CCO)c(N)c1[N+](=O)[O-]. The molecule has 82 valence electrons. The second kappa shape index (κ2) is 4.61. The maximum Gasteiger partial charge on any atom is 0.315 e. The fraction of sp³-hybridized carbons (Fsp3) is 0.333. The molecule has 1 aromatic rings. The van der Waals surface area contributed by atoms with Crippen molar-refractivity contribution in [2.45, 2.75) is 6.42 Å². The van der Waals surface area contributed by atoms with Gasteiger partial charge in [0, 0.05) is 13.7 Å². The minimum Gasteiger partial charge on any atom is -0.396 e. The van der Waals surface area contributed by atoms with Crippen molar-refractivity contribution in [3.8, 4) is 0 Å². The van der Waals surface area contributed by atoms with E-state index in [0.717, 1.165) is 0 Å². The van der Waals surface area contributed by atoms with E-state index in [1.54, 1.807) is 19.2 Å². The Morgan fingerprint density at radius 1 is 1.60 bits per heavy atom. The van der Waals surface area contributed by atoms with Crippen LogP contribution in [0.2, 0.25) is 0 Å². The highest BCUT2D eigenvalue weighted by molar-refractivity contribution is 5.77. The van der Waals surface area contributed by atoms with Crippen LogP contribution in [-0.4, -0.2) is 23.7 Å². The molecule has 4 N–H and O–H groups in total. The monoisotopic (exact) mass is 211 g/mol. The summed E-state index contributed by atoms with van der Waals surface area (Å²) >= 11 is 0. The third-order valence-electron chi connectivity index (χ3n) is 2.14. The van der Waals surface area contributed by atoms with Crippen molar-refractivity contribution in [1.82, 2.24) is 0 Å². The van der Waals surface area contributed by atoms with Crippen LogP contribution in [0.5, 0.6) is 0 Å². The van der Waals surface area contributed by atoms with Crippen LogP contribution in [-0.2, 0) is 6.42 Å². The first kappa shape index (κ1) is 11.3. The van der Waals surface area contributed by atoms with Gasteiger partial charge in [-0.3, -0.25) is 10.1 Å². The van der Waals surface area contributed by atoms with Crippen LogP contribution < -0.4 is 11.1 Å². The number of anilines is 2. The van der Waals surface area contributed by atoms with Crippen LogP contribution >= 0.6 is 0 Å². The van der Waals surface area contributed by atoms with Gasteiger partial charge in [0.2, 0.25) is 0 Å². The van der Waals surface area contributed by atoms with E-state index < -0.39 is 4.92 Å². The molecule has 0 saturated carbocycles. The lowest BCUT2D eigenvalue weighted by molar-refractivity contribution is -0.383. The lowest BCUT2D eigenvalue weighted by atomic mass is 10.1. The minimum absolute atomic E-state index is 0.0831. The molecule has 0 saturated heterocycles. The molecule has 0 radical (unpaired) electrons. The minimum atomic E-state index is -0.526. The van der Waals surface area contributed by atoms with Crippen molar-refractivity contribution < 1.29 is 10.0 Å². The van der Waals surface area contributed by atoms with Crippen LogP contribution in [0, 0.1) is 10.1 Å². The van der Waals surface area contributed by atoms with Crippen molar-refractivity contribution in [2.24, 2.45) is 0 Å². The summed E-state index contributed by atoms with van der Waals surface area (Å²) in [6, 6.07) is 3.25. The second-order valence-electron chi connectivity index (χ2n) is 3.02. The maximum atomic E-state index is 10.8. The molecular weight excluding hydrogens is 198 g/mol. The molecule has 6 heteroatoms. The second-order valence-corrected chi connectivity index (χ2v) is 3.02. The average Bonchev–Trinajstić information content (AvgIpc) is 2.20. The fourth-order valence-electron chi connectivity index (χ4n) is 1.39. The van der Waals surface area contributed by atoms with Gasteiger partial charge in [-0.15, -0.1) is 0 Å². The van der Waals surface area contributed by atoms with E-state index in [9.17, 15) is 10.1 Å². The van der Waals surface area contributed by atoms with Crippen molar-refractivity contribution >= 4 is 17.1 Å². The van der Waals surface area contributed by atoms with E-state index in [1.165, 1.54) is 0 Å². The van der Waals surface area contributed by atoms with Gasteiger partial charge in [0.15, 0.2) is 0 Å². The number of hydrogen-bond donors (Lipinski definition) is 3. The predicted molar refractivity (Wildman–Crippen MR) is 57.8 cm³/mol. The van der Waals surface area contributed by atoms with E-state index in [1.807, 2.05) is 0 Å². The number of nitrogens with one attached hydrogen (secondary N) is 1. The van der Waals surface area contributed by atoms with E-state index in [-0.39, 0.29) is 18.0 Å². The third kappa shape index (κ3) is 2.16. The van der Waals surface area contributed by atoms with Gasteiger partial charge in [-0.25, -0.2) is 0 Å². The number of aliphatic hydroxyl groups is 1. The standard InChI is InChI=1S/C9H13N3O3/c1-11-7-3-2-6(4-5-13)8(10)9(7)12(14)15/h2-3,11,13H,4-5,10H2,1H3. The Bertz CT molecular complexity index is 379. The molecule has 0 atom stereocenters. The van der Waals surface area contributed by atoms with Gasteiger partial charge in [0.1, 0.15) is 11.4 Å². The molecule has 0 spiro atoms. The van der Waals surface area contributed by atoms with Crippen molar-refractivity contribution in [3.05, 3.63) is 27.8 Å². The zero-order valence-electron chi connectivity index (χ0n) is 8.36. The Hall–Kier alpha value is -1.82. The first-order chi connectivity index (χ1) is 7.11. The highest BCUT2D eigenvalue weighted by atomic mass is 16.6. The Labute approximate surface area is 86.9 Å². The maximum absolute atomic E-state index is 10.8. The van der Waals surface area contributed by atoms with Crippen molar-refractivity contribution in [1.29, 1.82) is 0 Å². The topological polar surface area (TPSA) is 101 Å². The highest BCUT2D eigenvalue weighted by Gasteiger charge is 2.19. The largest absolute Gasteiger partial charge is 0.396 e. The Morgan fingerprint density at radius 3 is 2.73 bits per heavy atom. The number of benzene rings is 1. The lowest BCUT2D eigenvalue weighted by Gasteiger charge is -2.08. The molecule has 0 bridgehead atoms. The van der Waals surface area contributed by atoms with Crippen LogP contribution in [0.15, 0.2) is 12.1 Å². The molecule has 15 heavy (non-hydrogen) atoms. The number of nitrogens with zero attached hydrogens (tertiary/aromatic N) is 1. The third-order valence-corrected chi connectivity index (χ3v) is 2.14. The fourth-order valence-corrected chi connectivity index (χ4v) is 1.39. The Morgan fingerprint density at radius 2 is 2.27 bits per heavy atom. The first-order valence-corrected chi connectivity index (χ1v) is 4.46. The number of rotatable bonds is 4. The van der Waals surface area contributed by atoms with Crippen molar-refractivity contribution in [2.75, 3.05) is 24.7 Å². The Balaban J connectivity index is 3.29. The number of nitro benzene ring substituents is 1. The predicted octanol–water partition coefficient (Wildman–Crippen LogP) is 0.754. The summed E-state index contributed by atoms with van der Waals surface area (Å²) in [5.74, 6) is 0. The van der Waals surface area contributed by atoms with E-state index in [2.05, 4.69) is 5.32 Å². The van der Waals surface area contributed by atoms with E-state index in [4.69, 9.17) is 10.8 Å². The van der Waals surface area contributed by atoms with Crippen LogP contribution in [0.25, 0.3) is 0 Å². The zero-order valence-corrected chi connectivity index (χ0v) is 8.36. The normalized spacial score (nSPS) is 10.0. The molecule has 0 amide bonds. The number of nitrogen functional groups attached to an aromatic ring is 1. The molecule has 0 aliphatic heterocycles. The summed E-state index contributed by atoms with van der Waals surface area (Å²) in [7, 11) is 1.59. The van der Waals surface area contributed by atoms with E-state index in [0.29, 0.717) is 17.7 Å². The molecule has 0 fully saturated rings. The molecule has 0 unspecified atom stereocenters. The number of nitro groups is 1. The van der Waals surface area contributed by atoms with Gasteiger partial charge >= 0.3 is 5.69 Å². The lowest BCUT2D eigenvalue weighted by Crippen LogP contribution is -2.05. The molecule has 0 aliphatic carbocycles. The molecule has 0 aromatic heterocycles. The van der Waals surface area contributed by atoms with Gasteiger partial charge < -0.3 is 16.2 Å². The van der Waals surface area contributed by atoms with Crippen LogP contribution in [0.4, 0.5) is 17.1 Å². The quantitative estimate of drug-likeness (QED) is 0.387. The summed E-state index contributed by atoms with van der Waals surface area (Å²) in [5, 5.41) is 22.2. The van der Waals surface area contributed by atoms with Gasteiger partial charge in [-0.05, 0) is 18.1 Å². The Kier molecular flexibility index (Phi) is 3.46. The molecule has 0 aliphatic rings. The number of aliphatic hydroxyl groups excluding tert-OH is 1. The molecule has 6 nitrogen and oxygen atoms in total. The molecule has 1 aromatic carbocycles. The molecular formula is C9H13N3O3. The zero-order chi connectivity index (χ0) is 11.4.